The molecule has 0 unspecified atom stereocenters. The van der Waals surface area contributed by atoms with E-state index in [9.17, 15) is 9.59 Å². The van der Waals surface area contributed by atoms with Gasteiger partial charge in [0.1, 0.15) is 0 Å². The molecule has 1 N–H and O–H groups in total. The lowest BCUT2D eigenvalue weighted by molar-refractivity contribution is -0.146. The van der Waals surface area contributed by atoms with Gasteiger partial charge in [-0.3, -0.25) is 9.59 Å². The Morgan fingerprint density at radius 3 is 2.37 bits per heavy atom. The Morgan fingerprint density at radius 1 is 1.04 bits per heavy atom. The molecule has 0 radical (unpaired) electrons. The van der Waals surface area contributed by atoms with Crippen LogP contribution in [0.15, 0.2) is 48.5 Å². The third kappa shape index (κ3) is 5.98. The zero-order chi connectivity index (χ0) is 19.1. The molecule has 0 aromatic heterocycles. The fourth-order valence-electron chi connectivity index (χ4n) is 2.74. The van der Waals surface area contributed by atoms with Gasteiger partial charge in [-0.25, -0.2) is 0 Å². The number of nitrogens with one attached hydrogen (secondary N) is 1. The van der Waals surface area contributed by atoms with Gasteiger partial charge in [0.05, 0.1) is 19.6 Å². The number of benzene rings is 2. The van der Waals surface area contributed by atoms with Crippen LogP contribution in [0.4, 0.5) is 11.4 Å². The molecule has 142 valence electrons. The highest BCUT2D eigenvalue weighted by Gasteiger charge is 2.12. The predicted molar refractivity (Wildman–Crippen MR) is 104 cm³/mol. The maximum absolute atomic E-state index is 12.0. The van der Waals surface area contributed by atoms with Crippen molar-refractivity contribution in [1.29, 1.82) is 0 Å². The average Bonchev–Trinajstić information content (AvgIpc) is 2.69. The van der Waals surface area contributed by atoms with Crippen molar-refractivity contribution in [2.45, 2.75) is 6.42 Å². The summed E-state index contributed by atoms with van der Waals surface area (Å²) in [5, 5.41) is 3.32. The van der Waals surface area contributed by atoms with Gasteiger partial charge >= 0.3 is 5.97 Å². The van der Waals surface area contributed by atoms with E-state index in [1.165, 1.54) is 0 Å². The molecule has 1 fully saturated rings. The summed E-state index contributed by atoms with van der Waals surface area (Å²) in [6.07, 6.45) is 0.0959. The summed E-state index contributed by atoms with van der Waals surface area (Å²) >= 11 is 5.80. The Hall–Kier alpha value is -2.57. The van der Waals surface area contributed by atoms with Crippen molar-refractivity contribution in [1.82, 2.24) is 0 Å². The predicted octanol–water partition coefficient (Wildman–Crippen LogP) is 2.90. The Bertz CT molecular complexity index is 772. The number of hydrogen-bond donors (Lipinski definition) is 1. The third-order valence-corrected chi connectivity index (χ3v) is 4.41. The van der Waals surface area contributed by atoms with Crippen LogP contribution in [0.5, 0.6) is 0 Å². The molecule has 0 atom stereocenters. The minimum atomic E-state index is -0.463. The molecule has 1 amide bonds. The summed E-state index contributed by atoms with van der Waals surface area (Å²) < 4.78 is 10.4. The second-order valence-electron chi connectivity index (χ2n) is 6.16. The minimum Gasteiger partial charge on any atom is -0.455 e. The molecule has 6 nitrogen and oxygen atoms in total. The van der Waals surface area contributed by atoms with Crippen LogP contribution in [0.1, 0.15) is 5.56 Å². The van der Waals surface area contributed by atoms with Gasteiger partial charge in [-0.2, -0.15) is 0 Å². The Kier molecular flexibility index (Phi) is 6.68. The number of carbonyl (C=O) groups excluding carboxylic acids is 2. The Morgan fingerprint density at radius 2 is 1.70 bits per heavy atom. The average molecular weight is 389 g/mol. The van der Waals surface area contributed by atoms with Crippen molar-refractivity contribution in [2.24, 2.45) is 0 Å². The van der Waals surface area contributed by atoms with Crippen LogP contribution in [0.3, 0.4) is 0 Å². The van der Waals surface area contributed by atoms with E-state index < -0.39 is 5.97 Å². The van der Waals surface area contributed by atoms with Gasteiger partial charge in [-0.05, 0) is 42.0 Å². The lowest BCUT2D eigenvalue weighted by Crippen LogP contribution is -2.36. The van der Waals surface area contributed by atoms with Crippen LogP contribution in [0.25, 0.3) is 0 Å². The number of amides is 1. The number of rotatable bonds is 6. The third-order valence-electron chi connectivity index (χ3n) is 4.15. The molecule has 0 spiro atoms. The highest BCUT2D eigenvalue weighted by Crippen LogP contribution is 2.19. The zero-order valence-electron chi connectivity index (χ0n) is 14.8. The molecule has 7 heteroatoms. The van der Waals surface area contributed by atoms with E-state index in [1.807, 2.05) is 24.3 Å². The summed E-state index contributed by atoms with van der Waals surface area (Å²) in [6, 6.07) is 14.5. The van der Waals surface area contributed by atoms with Gasteiger partial charge < -0.3 is 19.7 Å². The van der Waals surface area contributed by atoms with Crippen molar-refractivity contribution >= 4 is 34.9 Å². The number of hydrogen-bond acceptors (Lipinski definition) is 5. The molecule has 1 saturated heterocycles. The topological polar surface area (TPSA) is 67.9 Å². The number of esters is 1. The highest BCUT2D eigenvalue weighted by molar-refractivity contribution is 6.30. The number of ether oxygens (including phenoxy) is 2. The van der Waals surface area contributed by atoms with Gasteiger partial charge in [-0.1, -0.05) is 23.7 Å². The van der Waals surface area contributed by atoms with E-state index in [2.05, 4.69) is 10.2 Å². The summed E-state index contributed by atoms with van der Waals surface area (Å²) in [7, 11) is 0. The van der Waals surface area contributed by atoms with Crippen molar-refractivity contribution < 1.29 is 19.1 Å². The quantitative estimate of drug-likeness (QED) is 0.771. The summed E-state index contributed by atoms with van der Waals surface area (Å²) in [6.45, 7) is 2.84. The van der Waals surface area contributed by atoms with Gasteiger partial charge in [0, 0.05) is 29.5 Å². The lowest BCUT2D eigenvalue weighted by Gasteiger charge is -2.28. The summed E-state index contributed by atoms with van der Waals surface area (Å²) in [4.78, 5) is 26.0. The van der Waals surface area contributed by atoms with E-state index in [-0.39, 0.29) is 18.9 Å². The fraction of sp³-hybridized carbons (Fsp3) is 0.300. The van der Waals surface area contributed by atoms with Crippen LogP contribution in [0, 0.1) is 0 Å². The van der Waals surface area contributed by atoms with E-state index in [1.54, 1.807) is 24.3 Å². The van der Waals surface area contributed by atoms with Crippen LogP contribution in [-0.4, -0.2) is 44.8 Å². The van der Waals surface area contributed by atoms with Gasteiger partial charge in [0.15, 0.2) is 6.61 Å². The first kappa shape index (κ1) is 19.2. The van der Waals surface area contributed by atoms with E-state index in [0.29, 0.717) is 10.7 Å². The summed E-state index contributed by atoms with van der Waals surface area (Å²) in [5.74, 6) is -0.839. The molecule has 1 aliphatic heterocycles. The normalized spacial score (nSPS) is 13.9. The molecule has 2 aromatic rings. The second kappa shape index (κ2) is 9.39. The van der Waals surface area contributed by atoms with Crippen molar-refractivity contribution in [3.8, 4) is 0 Å². The standard InChI is InChI=1S/C20H21ClN2O4/c21-16-3-1-15(2-4-16)13-20(25)27-14-19(24)22-17-5-7-18(8-6-17)23-9-11-26-12-10-23/h1-8H,9-14H2,(H,22,24). The van der Waals surface area contributed by atoms with Gasteiger partial charge in [-0.15, -0.1) is 0 Å². The Labute approximate surface area is 163 Å². The van der Waals surface area contributed by atoms with E-state index >= 15 is 0 Å². The maximum Gasteiger partial charge on any atom is 0.310 e. The van der Waals surface area contributed by atoms with Crippen molar-refractivity contribution in [3.05, 3.63) is 59.1 Å². The zero-order valence-corrected chi connectivity index (χ0v) is 15.6. The van der Waals surface area contributed by atoms with Crippen LogP contribution in [0.2, 0.25) is 5.02 Å². The maximum atomic E-state index is 12.0. The number of morpholine rings is 1. The largest absolute Gasteiger partial charge is 0.455 e. The highest BCUT2D eigenvalue weighted by atomic mass is 35.5. The summed E-state index contributed by atoms with van der Waals surface area (Å²) in [5.41, 5.74) is 2.53. The smallest absolute Gasteiger partial charge is 0.310 e. The molecule has 0 aliphatic carbocycles. The van der Waals surface area contributed by atoms with Gasteiger partial charge in [0.2, 0.25) is 0 Å². The fourth-order valence-corrected chi connectivity index (χ4v) is 2.87. The number of halogens is 1. The van der Waals surface area contributed by atoms with Crippen LogP contribution >= 0.6 is 11.6 Å². The van der Waals surface area contributed by atoms with E-state index in [4.69, 9.17) is 21.1 Å². The molecule has 1 heterocycles. The van der Waals surface area contributed by atoms with Crippen molar-refractivity contribution in [2.75, 3.05) is 43.1 Å². The molecule has 1 aliphatic rings. The van der Waals surface area contributed by atoms with Gasteiger partial charge in [0.25, 0.3) is 5.91 Å². The molecular weight excluding hydrogens is 368 g/mol. The first-order valence-corrected chi connectivity index (χ1v) is 9.10. The number of nitrogens with zero attached hydrogens (tertiary/aromatic N) is 1. The SMILES string of the molecule is O=C(COC(=O)Cc1ccc(Cl)cc1)Nc1ccc(N2CCOCC2)cc1. The number of anilines is 2. The van der Waals surface area contributed by atoms with E-state index in [0.717, 1.165) is 37.6 Å². The molecule has 0 bridgehead atoms. The molecule has 0 saturated carbocycles. The number of carbonyl (C=O) groups is 2. The van der Waals surface area contributed by atoms with Crippen LogP contribution in [-0.2, 0) is 25.5 Å². The molecular formula is C20H21ClN2O4. The first-order valence-electron chi connectivity index (χ1n) is 8.73. The molecule has 27 heavy (non-hydrogen) atoms. The second-order valence-corrected chi connectivity index (χ2v) is 6.59. The minimum absolute atomic E-state index is 0.0959. The lowest BCUT2D eigenvalue weighted by atomic mass is 10.1. The van der Waals surface area contributed by atoms with Crippen LogP contribution < -0.4 is 10.2 Å². The Balaban J connectivity index is 1.43. The van der Waals surface area contributed by atoms with Crippen molar-refractivity contribution in [3.63, 3.8) is 0 Å². The monoisotopic (exact) mass is 388 g/mol. The first-order chi connectivity index (χ1) is 13.1. The molecule has 3 rings (SSSR count). The molecule has 2 aromatic carbocycles.